The zero-order valence-corrected chi connectivity index (χ0v) is 10.2. The maximum absolute atomic E-state index is 12.0. The summed E-state index contributed by atoms with van der Waals surface area (Å²) < 4.78 is 10.2. The number of amides is 1. The topological polar surface area (TPSA) is 76.1 Å². The van der Waals surface area contributed by atoms with E-state index in [1.165, 1.54) is 12.0 Å². The summed E-state index contributed by atoms with van der Waals surface area (Å²) in [6, 6.07) is 0. The van der Waals surface area contributed by atoms with Gasteiger partial charge in [0.25, 0.3) is 0 Å². The smallest absolute Gasteiger partial charge is 0.323 e. The first kappa shape index (κ1) is 13.9. The Bertz CT molecular complexity index is 281. The number of carboxylic acid groups (broad SMARTS) is 1. The molecule has 0 unspecified atom stereocenters. The summed E-state index contributed by atoms with van der Waals surface area (Å²) in [5.74, 6) is -1.34. The molecule has 1 fully saturated rings. The Morgan fingerprint density at radius 1 is 1.47 bits per heavy atom. The Labute approximate surface area is 100 Å². The van der Waals surface area contributed by atoms with E-state index in [4.69, 9.17) is 14.6 Å². The molecule has 1 saturated carbocycles. The molecule has 0 aromatic heterocycles. The van der Waals surface area contributed by atoms with E-state index in [0.29, 0.717) is 26.2 Å². The average molecular weight is 245 g/mol. The third-order valence-corrected chi connectivity index (χ3v) is 2.63. The highest BCUT2D eigenvalue weighted by atomic mass is 16.5. The predicted molar refractivity (Wildman–Crippen MR) is 59.6 cm³/mol. The van der Waals surface area contributed by atoms with E-state index in [1.54, 1.807) is 0 Å². The Kier molecular flexibility index (Phi) is 5.37. The van der Waals surface area contributed by atoms with E-state index in [2.05, 4.69) is 0 Å². The van der Waals surface area contributed by atoms with Crippen molar-refractivity contribution in [3.63, 3.8) is 0 Å². The first-order valence-electron chi connectivity index (χ1n) is 5.71. The molecule has 0 aromatic rings. The van der Waals surface area contributed by atoms with E-state index in [9.17, 15) is 9.59 Å². The largest absolute Gasteiger partial charge is 0.480 e. The van der Waals surface area contributed by atoms with Gasteiger partial charge in [-0.3, -0.25) is 9.59 Å². The molecule has 1 N–H and O–H groups in total. The molecule has 98 valence electrons. The number of methoxy groups -OCH3 is 1. The fraction of sp³-hybridized carbons (Fsp3) is 0.818. The quantitative estimate of drug-likeness (QED) is 0.650. The molecule has 0 aliphatic heterocycles. The minimum Gasteiger partial charge on any atom is -0.480 e. The summed E-state index contributed by atoms with van der Waals surface area (Å²) in [6.45, 7) is 2.81. The third kappa shape index (κ3) is 4.32. The van der Waals surface area contributed by atoms with E-state index in [-0.39, 0.29) is 24.5 Å². The summed E-state index contributed by atoms with van der Waals surface area (Å²) in [7, 11) is 1.52. The van der Waals surface area contributed by atoms with Gasteiger partial charge in [0.05, 0.1) is 18.6 Å². The monoisotopic (exact) mass is 245 g/mol. The van der Waals surface area contributed by atoms with E-state index >= 15 is 0 Å². The van der Waals surface area contributed by atoms with Crippen LogP contribution < -0.4 is 0 Å². The highest BCUT2D eigenvalue weighted by Crippen LogP contribution is 2.35. The Hall–Kier alpha value is -1.14. The van der Waals surface area contributed by atoms with E-state index in [1.807, 2.05) is 6.92 Å². The number of carbonyl (C=O) groups excluding carboxylic acids is 1. The lowest BCUT2D eigenvalue weighted by Crippen LogP contribution is -2.39. The van der Waals surface area contributed by atoms with Gasteiger partial charge in [0.2, 0.25) is 5.91 Å². The molecule has 2 atom stereocenters. The molecule has 0 saturated heterocycles. The third-order valence-electron chi connectivity index (χ3n) is 2.63. The van der Waals surface area contributed by atoms with Crippen LogP contribution in [0.4, 0.5) is 0 Å². The lowest BCUT2D eigenvalue weighted by atomic mass is 10.3. The van der Waals surface area contributed by atoms with Gasteiger partial charge in [0.1, 0.15) is 6.54 Å². The second-order valence-corrected chi connectivity index (χ2v) is 3.98. The molecule has 0 radical (unpaired) electrons. The first-order chi connectivity index (χ1) is 8.10. The van der Waals surface area contributed by atoms with Crippen LogP contribution in [0.3, 0.4) is 0 Å². The van der Waals surface area contributed by atoms with Crippen LogP contribution in [0.1, 0.15) is 13.3 Å². The molecule has 6 heteroatoms. The van der Waals surface area contributed by atoms with Crippen LogP contribution in [0, 0.1) is 5.92 Å². The van der Waals surface area contributed by atoms with Crippen LogP contribution in [0.5, 0.6) is 0 Å². The summed E-state index contributed by atoms with van der Waals surface area (Å²) in [5, 5.41) is 8.74. The van der Waals surface area contributed by atoms with Crippen LogP contribution in [-0.2, 0) is 19.1 Å². The highest BCUT2D eigenvalue weighted by molar-refractivity contribution is 5.85. The second-order valence-electron chi connectivity index (χ2n) is 3.98. The fourth-order valence-electron chi connectivity index (χ4n) is 1.70. The van der Waals surface area contributed by atoms with Gasteiger partial charge in [0.15, 0.2) is 0 Å². The molecule has 17 heavy (non-hydrogen) atoms. The summed E-state index contributed by atoms with van der Waals surface area (Å²) in [5.41, 5.74) is 0. The van der Waals surface area contributed by atoms with Crippen LogP contribution >= 0.6 is 0 Å². The minimum absolute atomic E-state index is 0.0358. The number of carboxylic acids is 1. The van der Waals surface area contributed by atoms with Gasteiger partial charge < -0.3 is 19.5 Å². The van der Waals surface area contributed by atoms with Crippen molar-refractivity contribution in [2.75, 3.05) is 33.4 Å². The second kappa shape index (κ2) is 6.56. The lowest BCUT2D eigenvalue weighted by molar-refractivity contribution is -0.145. The molecule has 1 aliphatic carbocycles. The molecule has 0 bridgehead atoms. The first-order valence-corrected chi connectivity index (χ1v) is 5.71. The summed E-state index contributed by atoms with van der Waals surface area (Å²) in [4.78, 5) is 23.9. The Morgan fingerprint density at radius 3 is 2.71 bits per heavy atom. The molecule has 1 rings (SSSR count). The number of hydrogen-bond acceptors (Lipinski definition) is 4. The van der Waals surface area contributed by atoms with Gasteiger partial charge in [-0.15, -0.1) is 0 Å². The molecular formula is C11H19NO5. The van der Waals surface area contributed by atoms with Crippen molar-refractivity contribution in [2.45, 2.75) is 19.4 Å². The standard InChI is InChI=1S/C11H19NO5/c1-3-17-9-6-8(9)11(15)12(4-5-16-2)7-10(13)14/h8-9H,3-7H2,1-2H3,(H,13,14)/t8-,9-/m0/s1. The summed E-state index contributed by atoms with van der Waals surface area (Å²) >= 11 is 0. The van der Waals surface area contributed by atoms with Crippen molar-refractivity contribution in [1.82, 2.24) is 4.90 Å². The van der Waals surface area contributed by atoms with Crippen molar-refractivity contribution in [1.29, 1.82) is 0 Å². The SMILES string of the molecule is CCO[C@H]1C[C@@H]1C(=O)N(CCOC)CC(=O)O. The lowest BCUT2D eigenvalue weighted by Gasteiger charge is -2.20. The van der Waals surface area contributed by atoms with E-state index in [0.717, 1.165) is 0 Å². The van der Waals surface area contributed by atoms with Gasteiger partial charge in [-0.1, -0.05) is 0 Å². The van der Waals surface area contributed by atoms with Crippen molar-refractivity contribution in [2.24, 2.45) is 5.92 Å². The number of nitrogens with zero attached hydrogens (tertiary/aromatic N) is 1. The maximum atomic E-state index is 12.0. The van der Waals surface area contributed by atoms with Gasteiger partial charge in [-0.05, 0) is 13.3 Å². The van der Waals surface area contributed by atoms with E-state index < -0.39 is 5.97 Å². The molecule has 0 heterocycles. The number of rotatable bonds is 8. The average Bonchev–Trinajstić information content (AvgIpc) is 3.02. The number of hydrogen-bond donors (Lipinski definition) is 1. The number of ether oxygens (including phenoxy) is 2. The van der Waals surface area contributed by atoms with Crippen LogP contribution in [0.15, 0.2) is 0 Å². The Morgan fingerprint density at radius 2 is 2.18 bits per heavy atom. The van der Waals surface area contributed by atoms with Crippen molar-refractivity contribution in [3.05, 3.63) is 0 Å². The molecular weight excluding hydrogens is 226 g/mol. The van der Waals surface area contributed by atoms with Gasteiger partial charge in [0, 0.05) is 20.3 Å². The number of carbonyl (C=O) groups is 2. The van der Waals surface area contributed by atoms with Crippen molar-refractivity contribution < 1.29 is 24.2 Å². The van der Waals surface area contributed by atoms with Crippen molar-refractivity contribution >= 4 is 11.9 Å². The van der Waals surface area contributed by atoms with Gasteiger partial charge >= 0.3 is 5.97 Å². The van der Waals surface area contributed by atoms with Crippen LogP contribution in [0.25, 0.3) is 0 Å². The van der Waals surface area contributed by atoms with Gasteiger partial charge in [-0.2, -0.15) is 0 Å². The zero-order chi connectivity index (χ0) is 12.8. The molecule has 1 amide bonds. The normalized spacial score (nSPS) is 22.2. The molecule has 1 aliphatic rings. The zero-order valence-electron chi connectivity index (χ0n) is 10.2. The maximum Gasteiger partial charge on any atom is 0.323 e. The number of aliphatic carboxylic acids is 1. The molecule has 0 aromatic carbocycles. The van der Waals surface area contributed by atoms with Crippen LogP contribution in [0.2, 0.25) is 0 Å². The van der Waals surface area contributed by atoms with Crippen LogP contribution in [-0.4, -0.2) is 61.4 Å². The fourth-order valence-corrected chi connectivity index (χ4v) is 1.70. The molecule has 0 spiro atoms. The minimum atomic E-state index is -1.01. The predicted octanol–water partition coefficient (Wildman–Crippen LogP) is -0.0290. The van der Waals surface area contributed by atoms with Crippen molar-refractivity contribution in [3.8, 4) is 0 Å². The summed E-state index contributed by atoms with van der Waals surface area (Å²) in [6.07, 6.45) is 0.654. The Balaban J connectivity index is 2.45. The highest BCUT2D eigenvalue weighted by Gasteiger charge is 2.46. The van der Waals surface area contributed by atoms with Gasteiger partial charge in [-0.25, -0.2) is 0 Å². The molecule has 6 nitrogen and oxygen atoms in total.